The maximum absolute atomic E-state index is 12.0. The molecule has 0 aliphatic heterocycles. The molecule has 1 saturated carbocycles. The van der Waals surface area contributed by atoms with E-state index in [-0.39, 0.29) is 17.7 Å². The van der Waals surface area contributed by atoms with Crippen LogP contribution in [0.25, 0.3) is 0 Å². The first-order valence-electron chi connectivity index (χ1n) is 7.11. The highest BCUT2D eigenvalue weighted by atomic mass is 19.3. The summed E-state index contributed by atoms with van der Waals surface area (Å²) >= 11 is 0. The van der Waals surface area contributed by atoms with Gasteiger partial charge in [-0.1, -0.05) is 12.1 Å². The average Bonchev–Trinajstić information content (AvgIpc) is 3.28. The fourth-order valence-electron chi connectivity index (χ4n) is 2.24. The van der Waals surface area contributed by atoms with Gasteiger partial charge in [0.25, 0.3) is 0 Å². The molecule has 1 unspecified atom stereocenters. The first-order valence-corrected chi connectivity index (χ1v) is 7.11. The van der Waals surface area contributed by atoms with Gasteiger partial charge < -0.3 is 15.8 Å². The normalized spacial score (nSPS) is 15.8. The van der Waals surface area contributed by atoms with Crippen molar-refractivity contribution in [3.8, 4) is 5.75 Å². The Balaban J connectivity index is 1.75. The van der Waals surface area contributed by atoms with Crippen LogP contribution in [0.3, 0.4) is 0 Å². The van der Waals surface area contributed by atoms with Crippen LogP contribution in [0.2, 0.25) is 0 Å². The van der Waals surface area contributed by atoms with Crippen molar-refractivity contribution in [1.29, 1.82) is 0 Å². The molecule has 1 aromatic carbocycles. The number of rotatable bonds is 8. The fraction of sp³-hybridized carbons (Fsp3) is 0.533. The molecule has 0 saturated heterocycles. The van der Waals surface area contributed by atoms with E-state index in [1.807, 2.05) is 0 Å². The second-order valence-corrected chi connectivity index (χ2v) is 5.27. The van der Waals surface area contributed by atoms with Gasteiger partial charge in [0.15, 0.2) is 0 Å². The highest BCUT2D eigenvalue weighted by molar-refractivity contribution is 5.76. The van der Waals surface area contributed by atoms with Crippen LogP contribution < -0.4 is 15.8 Å². The van der Waals surface area contributed by atoms with E-state index in [2.05, 4.69) is 10.1 Å². The van der Waals surface area contributed by atoms with E-state index in [1.165, 1.54) is 12.1 Å². The van der Waals surface area contributed by atoms with Crippen LogP contribution in [0.1, 0.15) is 24.8 Å². The van der Waals surface area contributed by atoms with Crippen molar-refractivity contribution in [2.75, 3.05) is 6.54 Å². The van der Waals surface area contributed by atoms with E-state index in [1.54, 1.807) is 12.1 Å². The minimum Gasteiger partial charge on any atom is -0.435 e. The Labute approximate surface area is 122 Å². The molecule has 3 N–H and O–H groups in total. The van der Waals surface area contributed by atoms with E-state index >= 15 is 0 Å². The summed E-state index contributed by atoms with van der Waals surface area (Å²) in [4.78, 5) is 11.8. The van der Waals surface area contributed by atoms with Crippen LogP contribution in [0, 0.1) is 5.92 Å². The van der Waals surface area contributed by atoms with Crippen LogP contribution in [-0.2, 0) is 11.2 Å². The number of alkyl halides is 2. The Bertz CT molecular complexity index is 461. The van der Waals surface area contributed by atoms with Gasteiger partial charge in [0.1, 0.15) is 5.75 Å². The van der Waals surface area contributed by atoms with Gasteiger partial charge in [-0.25, -0.2) is 0 Å². The molecule has 2 rings (SSSR count). The fourth-order valence-corrected chi connectivity index (χ4v) is 2.24. The third kappa shape index (κ3) is 5.30. The number of halogens is 2. The average molecular weight is 298 g/mol. The van der Waals surface area contributed by atoms with Crippen LogP contribution in [0.5, 0.6) is 5.75 Å². The lowest BCUT2D eigenvalue weighted by Crippen LogP contribution is -2.41. The second kappa shape index (κ2) is 7.36. The SMILES string of the molecule is NCC(NC(=O)CCc1ccc(OC(F)F)cc1)C1CC1. The van der Waals surface area contributed by atoms with Gasteiger partial charge >= 0.3 is 6.61 Å². The maximum atomic E-state index is 12.0. The number of aryl methyl sites for hydroxylation is 1. The standard InChI is InChI=1S/C15H20F2N2O2/c16-15(17)21-12-6-1-10(2-7-12)3-8-14(20)19-13(9-18)11-4-5-11/h1-2,6-7,11,13,15H,3-5,8-9,18H2,(H,19,20). The number of hydrogen-bond donors (Lipinski definition) is 2. The molecule has 1 atom stereocenters. The maximum Gasteiger partial charge on any atom is 0.387 e. The molecule has 6 heteroatoms. The molecular weight excluding hydrogens is 278 g/mol. The van der Waals surface area contributed by atoms with Gasteiger partial charge in [0, 0.05) is 19.0 Å². The monoisotopic (exact) mass is 298 g/mol. The van der Waals surface area contributed by atoms with E-state index < -0.39 is 6.61 Å². The first kappa shape index (κ1) is 15.7. The molecule has 0 aromatic heterocycles. The molecule has 4 nitrogen and oxygen atoms in total. The smallest absolute Gasteiger partial charge is 0.387 e. The van der Waals surface area contributed by atoms with E-state index in [0.29, 0.717) is 25.3 Å². The first-order chi connectivity index (χ1) is 10.1. The number of hydrogen-bond acceptors (Lipinski definition) is 3. The number of ether oxygens (including phenoxy) is 1. The number of benzene rings is 1. The summed E-state index contributed by atoms with van der Waals surface area (Å²) in [5.74, 6) is 0.630. The van der Waals surface area contributed by atoms with Gasteiger partial charge in [-0.15, -0.1) is 0 Å². The van der Waals surface area contributed by atoms with Crippen molar-refractivity contribution in [2.45, 2.75) is 38.3 Å². The Kier molecular flexibility index (Phi) is 5.50. The van der Waals surface area contributed by atoms with Gasteiger partial charge in [0.2, 0.25) is 5.91 Å². The Morgan fingerprint density at radius 3 is 2.52 bits per heavy atom. The van der Waals surface area contributed by atoms with Crippen LogP contribution >= 0.6 is 0 Å². The van der Waals surface area contributed by atoms with Gasteiger partial charge in [-0.3, -0.25) is 4.79 Å². The molecule has 116 valence electrons. The summed E-state index contributed by atoms with van der Waals surface area (Å²) in [7, 11) is 0. The quantitative estimate of drug-likeness (QED) is 0.772. The zero-order valence-corrected chi connectivity index (χ0v) is 11.7. The Hall–Kier alpha value is -1.69. The van der Waals surface area contributed by atoms with E-state index in [4.69, 9.17) is 5.73 Å². The minimum absolute atomic E-state index is 0.0229. The third-order valence-electron chi connectivity index (χ3n) is 3.58. The number of carbonyl (C=O) groups is 1. The summed E-state index contributed by atoms with van der Waals surface area (Å²) in [6, 6.07) is 6.41. The van der Waals surface area contributed by atoms with Crippen molar-refractivity contribution < 1.29 is 18.3 Å². The Morgan fingerprint density at radius 1 is 1.33 bits per heavy atom. The lowest BCUT2D eigenvalue weighted by molar-refractivity contribution is -0.121. The van der Waals surface area contributed by atoms with Crippen molar-refractivity contribution in [3.63, 3.8) is 0 Å². The summed E-state index contributed by atoms with van der Waals surface area (Å²) in [6.07, 6.45) is 3.18. The molecule has 21 heavy (non-hydrogen) atoms. The van der Waals surface area contributed by atoms with Gasteiger partial charge in [-0.2, -0.15) is 8.78 Å². The molecule has 1 fully saturated rings. The largest absolute Gasteiger partial charge is 0.435 e. The van der Waals surface area contributed by atoms with Crippen LogP contribution in [-0.4, -0.2) is 25.1 Å². The molecular formula is C15H20F2N2O2. The molecule has 0 radical (unpaired) electrons. The molecule has 0 bridgehead atoms. The molecule has 1 aliphatic carbocycles. The molecule has 0 heterocycles. The molecule has 1 aliphatic rings. The van der Waals surface area contributed by atoms with E-state index in [9.17, 15) is 13.6 Å². The molecule has 1 aromatic rings. The number of carbonyl (C=O) groups excluding carboxylic acids is 1. The third-order valence-corrected chi connectivity index (χ3v) is 3.58. The minimum atomic E-state index is -2.82. The summed E-state index contributed by atoms with van der Waals surface area (Å²) in [5, 5.41) is 2.95. The van der Waals surface area contributed by atoms with E-state index in [0.717, 1.165) is 18.4 Å². The second-order valence-electron chi connectivity index (χ2n) is 5.27. The lowest BCUT2D eigenvalue weighted by atomic mass is 10.1. The summed E-state index contributed by atoms with van der Waals surface area (Å²) < 4.78 is 28.3. The predicted molar refractivity (Wildman–Crippen MR) is 75.1 cm³/mol. The topological polar surface area (TPSA) is 64.3 Å². The van der Waals surface area contributed by atoms with Gasteiger partial charge in [0.05, 0.1) is 0 Å². The van der Waals surface area contributed by atoms with Crippen molar-refractivity contribution >= 4 is 5.91 Å². The lowest BCUT2D eigenvalue weighted by Gasteiger charge is -2.15. The predicted octanol–water partition coefficient (Wildman–Crippen LogP) is 2.07. The van der Waals surface area contributed by atoms with Gasteiger partial charge in [-0.05, 0) is 42.9 Å². The highest BCUT2D eigenvalue weighted by Crippen LogP contribution is 2.32. The Morgan fingerprint density at radius 2 is 2.00 bits per heavy atom. The highest BCUT2D eigenvalue weighted by Gasteiger charge is 2.30. The summed E-state index contributed by atoms with van der Waals surface area (Å²) in [6.45, 7) is -2.35. The zero-order valence-electron chi connectivity index (χ0n) is 11.7. The van der Waals surface area contributed by atoms with Crippen molar-refractivity contribution in [2.24, 2.45) is 11.7 Å². The molecule has 1 amide bonds. The van der Waals surface area contributed by atoms with Crippen LogP contribution in [0.15, 0.2) is 24.3 Å². The number of nitrogens with two attached hydrogens (primary N) is 1. The number of amides is 1. The summed E-state index contributed by atoms with van der Waals surface area (Å²) in [5.41, 5.74) is 6.54. The number of nitrogens with one attached hydrogen (secondary N) is 1. The van der Waals surface area contributed by atoms with Crippen LogP contribution in [0.4, 0.5) is 8.78 Å². The molecule has 0 spiro atoms. The van der Waals surface area contributed by atoms with Crippen molar-refractivity contribution in [1.82, 2.24) is 5.32 Å². The zero-order chi connectivity index (χ0) is 15.2. The van der Waals surface area contributed by atoms with Crippen molar-refractivity contribution in [3.05, 3.63) is 29.8 Å².